The molecular weight excluding hydrogens is 492 g/mol. The molecule has 0 aliphatic carbocycles. The molecule has 3 amide bonds. The Bertz CT molecular complexity index is 1300. The van der Waals surface area contributed by atoms with Gasteiger partial charge in [-0.05, 0) is 6.07 Å². The average Bonchev–Trinajstić information content (AvgIpc) is 3.50. The molecular formula is C23H23F2N7O5. The number of fused-ring (bicyclic) bond motifs is 1. The summed E-state index contributed by atoms with van der Waals surface area (Å²) in [5.74, 6) is -2.21. The van der Waals surface area contributed by atoms with Crippen molar-refractivity contribution in [2.45, 2.75) is 6.10 Å². The smallest absolute Gasteiger partial charge is 0.414 e. The third kappa shape index (κ3) is 4.87. The summed E-state index contributed by atoms with van der Waals surface area (Å²) in [7, 11) is 0. The number of carbonyl (C=O) groups excluding carboxylic acids is 3. The number of anilines is 2. The molecule has 2 aliphatic heterocycles. The number of piperazine rings is 1. The zero-order chi connectivity index (χ0) is 26.1. The van der Waals surface area contributed by atoms with Crippen LogP contribution in [-0.4, -0.2) is 94.3 Å². The Morgan fingerprint density at radius 2 is 1.89 bits per heavy atom. The molecule has 0 saturated carbocycles. The fourth-order valence-electron chi connectivity index (χ4n) is 4.31. The Morgan fingerprint density at radius 1 is 1.16 bits per heavy atom. The van der Waals surface area contributed by atoms with Gasteiger partial charge in [-0.3, -0.25) is 18.9 Å². The molecule has 2 fully saturated rings. The van der Waals surface area contributed by atoms with Crippen molar-refractivity contribution in [3.8, 4) is 0 Å². The van der Waals surface area contributed by atoms with Crippen LogP contribution in [0.25, 0.3) is 5.78 Å². The minimum Gasteiger partial charge on any atom is -0.441 e. The number of amides is 3. The molecule has 0 radical (unpaired) electrons. The van der Waals surface area contributed by atoms with E-state index in [9.17, 15) is 23.2 Å². The van der Waals surface area contributed by atoms with Crippen LogP contribution in [0.4, 0.5) is 25.0 Å². The van der Waals surface area contributed by atoms with Gasteiger partial charge in [-0.1, -0.05) is 0 Å². The molecule has 194 valence electrons. The monoisotopic (exact) mass is 515 g/mol. The topological polar surface area (TPSA) is 133 Å². The van der Waals surface area contributed by atoms with E-state index in [0.717, 1.165) is 17.0 Å². The Hall–Kier alpha value is -4.33. The van der Waals surface area contributed by atoms with Gasteiger partial charge < -0.3 is 25.0 Å². The molecule has 4 heterocycles. The summed E-state index contributed by atoms with van der Waals surface area (Å²) in [5.41, 5.74) is -0.138. The highest BCUT2D eigenvalue weighted by atomic mass is 19.1. The maximum atomic E-state index is 14.9. The Balaban J connectivity index is 1.16. The van der Waals surface area contributed by atoms with Crippen molar-refractivity contribution in [2.24, 2.45) is 0 Å². The van der Waals surface area contributed by atoms with E-state index in [0.29, 0.717) is 5.78 Å². The quantitative estimate of drug-likeness (QED) is 0.482. The zero-order valence-corrected chi connectivity index (χ0v) is 19.5. The van der Waals surface area contributed by atoms with Gasteiger partial charge in [-0.25, -0.2) is 23.5 Å². The Kier molecular flexibility index (Phi) is 6.56. The van der Waals surface area contributed by atoms with Crippen LogP contribution in [0.1, 0.15) is 10.5 Å². The highest BCUT2D eigenvalue weighted by Crippen LogP contribution is 2.31. The second-order valence-electron chi connectivity index (χ2n) is 8.56. The summed E-state index contributed by atoms with van der Waals surface area (Å²) in [6.45, 7) is 0.0777. The molecule has 14 heteroatoms. The van der Waals surface area contributed by atoms with Gasteiger partial charge in [0, 0.05) is 56.9 Å². The zero-order valence-electron chi connectivity index (χ0n) is 19.5. The summed E-state index contributed by atoms with van der Waals surface area (Å²) in [5, 5.41) is 11.7. The predicted octanol–water partition coefficient (Wildman–Crippen LogP) is 0.404. The number of carbonyl (C=O) groups is 3. The van der Waals surface area contributed by atoms with E-state index in [1.165, 1.54) is 16.0 Å². The van der Waals surface area contributed by atoms with Crippen molar-refractivity contribution in [1.29, 1.82) is 0 Å². The number of aliphatic hydroxyl groups excluding tert-OH is 1. The lowest BCUT2D eigenvalue weighted by atomic mass is 10.2. The molecule has 2 aliphatic rings. The first kappa shape index (κ1) is 24.4. The largest absolute Gasteiger partial charge is 0.441 e. The van der Waals surface area contributed by atoms with E-state index >= 15 is 0 Å². The number of cyclic esters (lactones) is 1. The van der Waals surface area contributed by atoms with E-state index in [-0.39, 0.29) is 62.2 Å². The maximum absolute atomic E-state index is 14.9. The fraction of sp³-hybridized carbons (Fsp3) is 0.348. The van der Waals surface area contributed by atoms with Crippen LogP contribution in [0.5, 0.6) is 0 Å². The van der Waals surface area contributed by atoms with Crippen LogP contribution in [-0.2, 0) is 9.53 Å². The van der Waals surface area contributed by atoms with E-state index in [1.54, 1.807) is 22.9 Å². The van der Waals surface area contributed by atoms with Crippen LogP contribution in [0.3, 0.4) is 0 Å². The number of benzene rings is 1. The highest BCUT2D eigenvalue weighted by molar-refractivity contribution is 5.95. The SMILES string of the molecule is O=C(NCC(=O)N1CCN(c2c(F)cc(N3C[C@H](CO)OC3=O)cc2F)CC1)c1cn2cccnc2n1. The second kappa shape index (κ2) is 9.97. The molecule has 2 saturated heterocycles. The molecule has 12 nitrogen and oxygen atoms in total. The van der Waals surface area contributed by atoms with Crippen molar-refractivity contribution in [3.63, 3.8) is 0 Å². The Morgan fingerprint density at radius 3 is 2.54 bits per heavy atom. The van der Waals surface area contributed by atoms with E-state index < -0.39 is 36.3 Å². The third-order valence-corrected chi connectivity index (χ3v) is 6.21. The van der Waals surface area contributed by atoms with Crippen LogP contribution in [0.15, 0.2) is 36.8 Å². The van der Waals surface area contributed by atoms with Crippen molar-refractivity contribution < 1.29 is 33.0 Å². The predicted molar refractivity (Wildman–Crippen MR) is 125 cm³/mol. The summed E-state index contributed by atoms with van der Waals surface area (Å²) in [6.07, 6.45) is 3.21. The molecule has 0 unspecified atom stereocenters. The first-order valence-corrected chi connectivity index (χ1v) is 11.5. The lowest BCUT2D eigenvalue weighted by Crippen LogP contribution is -2.51. The van der Waals surface area contributed by atoms with Gasteiger partial charge in [-0.15, -0.1) is 0 Å². The second-order valence-corrected chi connectivity index (χ2v) is 8.56. The summed E-state index contributed by atoms with van der Waals surface area (Å²) < 4.78 is 36.3. The van der Waals surface area contributed by atoms with E-state index in [4.69, 9.17) is 9.84 Å². The van der Waals surface area contributed by atoms with Crippen molar-refractivity contribution in [1.82, 2.24) is 24.6 Å². The number of imidazole rings is 1. The fourth-order valence-corrected chi connectivity index (χ4v) is 4.31. The average molecular weight is 515 g/mol. The first-order valence-electron chi connectivity index (χ1n) is 11.5. The number of hydrogen-bond donors (Lipinski definition) is 2. The van der Waals surface area contributed by atoms with Gasteiger partial charge in [0.25, 0.3) is 5.91 Å². The molecule has 3 aromatic rings. The van der Waals surface area contributed by atoms with Crippen molar-refractivity contribution >= 4 is 35.1 Å². The number of halogens is 2. The van der Waals surface area contributed by atoms with Gasteiger partial charge in [0.2, 0.25) is 11.7 Å². The molecule has 1 aromatic carbocycles. The minimum atomic E-state index is -0.857. The number of hydrogen-bond acceptors (Lipinski definition) is 8. The number of nitrogens with zero attached hydrogens (tertiary/aromatic N) is 6. The molecule has 2 aromatic heterocycles. The van der Waals surface area contributed by atoms with Gasteiger partial charge in [0.1, 0.15) is 17.5 Å². The van der Waals surface area contributed by atoms with Crippen LogP contribution in [0, 0.1) is 11.6 Å². The number of aliphatic hydroxyl groups is 1. The lowest BCUT2D eigenvalue weighted by molar-refractivity contribution is -0.130. The van der Waals surface area contributed by atoms with Gasteiger partial charge >= 0.3 is 6.09 Å². The number of rotatable bonds is 6. The van der Waals surface area contributed by atoms with Gasteiger partial charge in [0.15, 0.2) is 11.6 Å². The number of ether oxygens (including phenoxy) is 1. The van der Waals surface area contributed by atoms with Crippen molar-refractivity contribution in [3.05, 3.63) is 54.1 Å². The standard InChI is InChI=1S/C23H23F2N7O5/c24-16-8-14(32-11-15(13-33)37-23(32)36)9-17(25)20(16)30-6-4-29(5-7-30)19(34)10-27-21(35)18-12-31-3-1-2-26-22(31)28-18/h1-3,8-9,12,15,33H,4-7,10-11,13H2,(H,27,35)/t15-/m1/s1. The van der Waals surface area contributed by atoms with Crippen LogP contribution < -0.4 is 15.1 Å². The minimum absolute atomic E-state index is 0.00866. The normalized spacial score (nSPS) is 17.9. The first-order chi connectivity index (χ1) is 17.8. The van der Waals surface area contributed by atoms with E-state index in [2.05, 4.69) is 15.3 Å². The number of aromatic nitrogens is 3. The molecule has 37 heavy (non-hydrogen) atoms. The van der Waals surface area contributed by atoms with Crippen molar-refractivity contribution in [2.75, 3.05) is 55.7 Å². The molecule has 2 N–H and O–H groups in total. The Labute approximate surface area is 209 Å². The third-order valence-electron chi connectivity index (χ3n) is 6.21. The summed E-state index contributed by atoms with van der Waals surface area (Å²) in [6, 6.07) is 3.78. The maximum Gasteiger partial charge on any atom is 0.414 e. The van der Waals surface area contributed by atoms with Gasteiger partial charge in [0.05, 0.1) is 25.4 Å². The molecule has 1 atom stereocenters. The molecule has 5 rings (SSSR count). The summed E-state index contributed by atoms with van der Waals surface area (Å²) >= 11 is 0. The van der Waals surface area contributed by atoms with E-state index in [1.807, 2.05) is 0 Å². The van der Waals surface area contributed by atoms with Crippen LogP contribution in [0.2, 0.25) is 0 Å². The molecule has 0 bridgehead atoms. The highest BCUT2D eigenvalue weighted by Gasteiger charge is 2.33. The molecule has 0 spiro atoms. The van der Waals surface area contributed by atoms with Gasteiger partial charge in [-0.2, -0.15) is 0 Å². The van der Waals surface area contributed by atoms with Crippen LogP contribution >= 0.6 is 0 Å². The summed E-state index contributed by atoms with van der Waals surface area (Å²) in [4.78, 5) is 49.1. The lowest BCUT2D eigenvalue weighted by Gasteiger charge is -2.36. The number of nitrogens with one attached hydrogen (secondary N) is 1.